The minimum absolute atomic E-state index is 0.0507. The first-order valence-corrected chi connectivity index (χ1v) is 9.44. The predicted molar refractivity (Wildman–Crippen MR) is 115 cm³/mol. The molecule has 0 saturated carbocycles. The van der Waals surface area contributed by atoms with Crippen molar-refractivity contribution in [1.82, 2.24) is 0 Å². The number of hydrogen-bond acceptors (Lipinski definition) is 8. The monoisotopic (exact) mass is 438 g/mol. The van der Waals surface area contributed by atoms with Crippen LogP contribution in [0.5, 0.6) is 0 Å². The molecule has 1 atom stereocenters. The Kier molecular flexibility index (Phi) is 6.18. The van der Waals surface area contributed by atoms with Gasteiger partial charge in [0.1, 0.15) is 11.5 Å². The van der Waals surface area contributed by atoms with Gasteiger partial charge in [0.05, 0.1) is 48.1 Å². The maximum absolute atomic E-state index is 12.9. The van der Waals surface area contributed by atoms with Crippen molar-refractivity contribution in [3.63, 3.8) is 0 Å². The van der Waals surface area contributed by atoms with Crippen LogP contribution in [0.25, 0.3) is 0 Å². The van der Waals surface area contributed by atoms with Gasteiger partial charge in [0.25, 0.3) is 0 Å². The number of esters is 2. The van der Waals surface area contributed by atoms with E-state index in [9.17, 15) is 14.9 Å². The molecule has 9 heteroatoms. The van der Waals surface area contributed by atoms with Crippen LogP contribution in [0.2, 0.25) is 5.02 Å². The van der Waals surface area contributed by atoms with Gasteiger partial charge < -0.3 is 20.9 Å². The summed E-state index contributed by atoms with van der Waals surface area (Å²) in [4.78, 5) is 27.1. The number of allylic oxidation sites excluding steroid dienone is 1. The number of nitrogen functional groups attached to an aromatic ring is 1. The Morgan fingerprint density at radius 3 is 2.26 bits per heavy atom. The van der Waals surface area contributed by atoms with Crippen LogP contribution in [0.1, 0.15) is 11.5 Å². The van der Waals surface area contributed by atoms with Crippen LogP contribution in [0.4, 0.5) is 11.4 Å². The molecule has 0 aromatic heterocycles. The zero-order valence-corrected chi connectivity index (χ0v) is 17.5. The van der Waals surface area contributed by atoms with E-state index >= 15 is 0 Å². The van der Waals surface area contributed by atoms with Crippen molar-refractivity contribution in [2.45, 2.75) is 5.92 Å². The summed E-state index contributed by atoms with van der Waals surface area (Å²) >= 11 is 6.17. The van der Waals surface area contributed by atoms with Crippen molar-refractivity contribution in [2.24, 2.45) is 5.73 Å². The number of halogens is 1. The van der Waals surface area contributed by atoms with Crippen LogP contribution in [0, 0.1) is 11.3 Å². The van der Waals surface area contributed by atoms with Gasteiger partial charge in [-0.15, -0.1) is 0 Å². The molecule has 158 valence electrons. The summed E-state index contributed by atoms with van der Waals surface area (Å²) in [6, 6.07) is 15.4. The van der Waals surface area contributed by atoms with E-state index in [-0.39, 0.29) is 27.7 Å². The summed E-state index contributed by atoms with van der Waals surface area (Å²) in [5, 5.41) is 10.2. The van der Waals surface area contributed by atoms with Crippen LogP contribution < -0.4 is 16.4 Å². The van der Waals surface area contributed by atoms with E-state index in [1.54, 1.807) is 36.4 Å². The SMILES string of the molecule is COC(=O)C1=C(C(=O)OC)N(c2ccc(N)c(Cl)c2)C(N)=C(C#N)C1c1ccccc1. The molecule has 0 amide bonds. The molecule has 0 fully saturated rings. The van der Waals surface area contributed by atoms with Gasteiger partial charge in [-0.1, -0.05) is 41.9 Å². The van der Waals surface area contributed by atoms with Crippen molar-refractivity contribution in [3.8, 4) is 6.07 Å². The van der Waals surface area contributed by atoms with Crippen molar-refractivity contribution < 1.29 is 19.1 Å². The molecule has 1 aliphatic heterocycles. The van der Waals surface area contributed by atoms with Crippen LogP contribution in [0.15, 0.2) is 71.2 Å². The summed E-state index contributed by atoms with van der Waals surface area (Å²) in [6.45, 7) is 0. The molecule has 1 unspecified atom stereocenters. The number of nitrogens with zero attached hydrogens (tertiary/aromatic N) is 2. The van der Waals surface area contributed by atoms with E-state index in [0.717, 1.165) is 0 Å². The van der Waals surface area contributed by atoms with E-state index in [0.29, 0.717) is 16.9 Å². The first kappa shape index (κ1) is 21.7. The Bertz CT molecular complexity index is 1150. The second-order valence-corrected chi connectivity index (χ2v) is 6.95. The van der Waals surface area contributed by atoms with Crippen molar-refractivity contribution >= 4 is 34.9 Å². The van der Waals surface area contributed by atoms with Gasteiger partial charge in [-0.2, -0.15) is 5.26 Å². The summed E-state index contributed by atoms with van der Waals surface area (Å²) in [6.07, 6.45) is 0. The fourth-order valence-corrected chi connectivity index (χ4v) is 3.61. The lowest BCUT2D eigenvalue weighted by Crippen LogP contribution is -2.40. The molecule has 3 rings (SSSR count). The van der Waals surface area contributed by atoms with Crippen molar-refractivity contribution in [3.05, 3.63) is 81.8 Å². The van der Waals surface area contributed by atoms with Gasteiger partial charge in [0.2, 0.25) is 0 Å². The average Bonchev–Trinajstić information content (AvgIpc) is 2.79. The van der Waals surface area contributed by atoms with E-state index in [4.69, 9.17) is 32.5 Å². The highest BCUT2D eigenvalue weighted by atomic mass is 35.5. The summed E-state index contributed by atoms with van der Waals surface area (Å²) < 4.78 is 9.93. The fraction of sp³-hybridized carbons (Fsp3) is 0.136. The Labute approximate surface area is 183 Å². The second kappa shape index (κ2) is 8.81. The molecule has 2 aromatic carbocycles. The summed E-state index contributed by atoms with van der Waals surface area (Å²) in [5.41, 5.74) is 13.2. The van der Waals surface area contributed by atoms with Gasteiger partial charge in [0, 0.05) is 5.69 Å². The molecule has 0 spiro atoms. The first-order chi connectivity index (χ1) is 14.8. The van der Waals surface area contributed by atoms with E-state index in [1.165, 1.54) is 31.3 Å². The maximum atomic E-state index is 12.9. The molecule has 1 heterocycles. The Morgan fingerprint density at radius 2 is 1.71 bits per heavy atom. The van der Waals surface area contributed by atoms with E-state index in [2.05, 4.69) is 6.07 Å². The molecule has 1 aliphatic rings. The third kappa shape index (κ3) is 3.79. The van der Waals surface area contributed by atoms with Gasteiger partial charge in [0.15, 0.2) is 0 Å². The van der Waals surface area contributed by atoms with Crippen LogP contribution in [-0.2, 0) is 19.1 Å². The lowest BCUT2D eigenvalue weighted by Gasteiger charge is -2.36. The highest BCUT2D eigenvalue weighted by Crippen LogP contribution is 2.43. The molecular weight excluding hydrogens is 420 g/mol. The predicted octanol–water partition coefficient (Wildman–Crippen LogP) is 2.82. The molecule has 0 saturated heterocycles. The van der Waals surface area contributed by atoms with E-state index < -0.39 is 17.9 Å². The normalized spacial score (nSPS) is 16.1. The molecule has 0 bridgehead atoms. The van der Waals surface area contributed by atoms with E-state index in [1.807, 2.05) is 0 Å². The largest absolute Gasteiger partial charge is 0.466 e. The lowest BCUT2D eigenvalue weighted by atomic mass is 9.81. The van der Waals surface area contributed by atoms with Gasteiger partial charge in [-0.3, -0.25) is 4.90 Å². The number of benzene rings is 2. The standard InChI is InChI=1S/C22H19ClN4O4/c1-30-21(28)18-17(12-6-4-3-5-7-12)14(11-24)20(26)27(19(18)22(29)31-2)13-8-9-16(25)15(23)10-13/h3-10,17H,25-26H2,1-2H3. The minimum atomic E-state index is -0.937. The van der Waals surface area contributed by atoms with Crippen molar-refractivity contribution in [2.75, 3.05) is 24.9 Å². The number of ether oxygens (including phenoxy) is 2. The van der Waals surface area contributed by atoms with Gasteiger partial charge >= 0.3 is 11.9 Å². The summed E-state index contributed by atoms with van der Waals surface area (Å²) in [7, 11) is 2.36. The molecule has 4 N–H and O–H groups in total. The third-order valence-electron chi connectivity index (χ3n) is 4.85. The Morgan fingerprint density at radius 1 is 1.06 bits per heavy atom. The zero-order valence-electron chi connectivity index (χ0n) is 16.8. The van der Waals surface area contributed by atoms with Crippen LogP contribution in [0.3, 0.4) is 0 Å². The quantitative estimate of drug-likeness (QED) is 0.550. The maximum Gasteiger partial charge on any atom is 0.355 e. The number of nitrogens with two attached hydrogens (primary N) is 2. The number of anilines is 2. The number of carbonyl (C=O) groups is 2. The zero-order chi connectivity index (χ0) is 22.7. The average molecular weight is 439 g/mol. The molecule has 2 aromatic rings. The Balaban J connectivity index is 2.41. The smallest absolute Gasteiger partial charge is 0.355 e. The number of hydrogen-bond donors (Lipinski definition) is 2. The van der Waals surface area contributed by atoms with Crippen molar-refractivity contribution in [1.29, 1.82) is 5.26 Å². The molecular formula is C22H19ClN4O4. The lowest BCUT2D eigenvalue weighted by molar-refractivity contribution is -0.139. The number of rotatable bonds is 4. The topological polar surface area (TPSA) is 132 Å². The van der Waals surface area contributed by atoms with Crippen LogP contribution >= 0.6 is 11.6 Å². The number of methoxy groups -OCH3 is 2. The summed E-state index contributed by atoms with van der Waals surface area (Å²) in [5.74, 6) is -2.63. The number of nitriles is 1. The van der Waals surface area contributed by atoms with Gasteiger partial charge in [-0.25, -0.2) is 9.59 Å². The number of carbonyl (C=O) groups excluding carboxylic acids is 2. The first-order valence-electron chi connectivity index (χ1n) is 9.06. The Hall–Kier alpha value is -3.96. The molecule has 0 aliphatic carbocycles. The highest BCUT2D eigenvalue weighted by molar-refractivity contribution is 6.33. The van der Waals surface area contributed by atoms with Crippen LogP contribution in [-0.4, -0.2) is 26.2 Å². The minimum Gasteiger partial charge on any atom is -0.466 e. The second-order valence-electron chi connectivity index (χ2n) is 6.54. The molecule has 0 radical (unpaired) electrons. The van der Waals surface area contributed by atoms with Gasteiger partial charge in [-0.05, 0) is 23.8 Å². The fourth-order valence-electron chi connectivity index (χ4n) is 3.44. The molecule has 31 heavy (non-hydrogen) atoms. The molecule has 8 nitrogen and oxygen atoms in total. The highest BCUT2D eigenvalue weighted by Gasteiger charge is 2.43. The third-order valence-corrected chi connectivity index (χ3v) is 5.18.